The normalized spacial score (nSPS) is 12.0. The van der Waals surface area contributed by atoms with Crippen molar-refractivity contribution < 1.29 is 31.1 Å². The minimum Gasteiger partial charge on any atom is -0.308 e. The average Bonchev–Trinajstić information content (AvgIpc) is 3.09. The van der Waals surface area contributed by atoms with Crippen LogP contribution in [0.15, 0.2) is 54.7 Å². The van der Waals surface area contributed by atoms with Gasteiger partial charge in [-0.3, -0.25) is 0 Å². The van der Waals surface area contributed by atoms with Crippen molar-refractivity contribution in [2.75, 3.05) is 10.6 Å². The van der Waals surface area contributed by atoms with E-state index < -0.39 is 35.2 Å². The molecule has 3 rings (SSSR count). The summed E-state index contributed by atoms with van der Waals surface area (Å²) >= 11 is 0. The van der Waals surface area contributed by atoms with Crippen LogP contribution in [-0.4, -0.2) is 15.8 Å². The minimum atomic E-state index is -5.01. The number of anilines is 2. The molecule has 32 heavy (non-hydrogen) atoms. The number of nitrogens with zero attached hydrogens (tertiary/aromatic N) is 2. The molecule has 0 aliphatic heterocycles. The summed E-state index contributed by atoms with van der Waals surface area (Å²) < 4.78 is 79.7. The van der Waals surface area contributed by atoms with Gasteiger partial charge in [0, 0.05) is 5.69 Å². The van der Waals surface area contributed by atoms with E-state index in [0.29, 0.717) is 30.7 Å². The van der Waals surface area contributed by atoms with Crippen molar-refractivity contribution in [2.24, 2.45) is 0 Å². The zero-order chi connectivity index (χ0) is 23.5. The summed E-state index contributed by atoms with van der Waals surface area (Å²) in [5.74, 6) is 0. The molecule has 0 fully saturated rings. The lowest BCUT2D eigenvalue weighted by Crippen LogP contribution is -2.21. The first-order valence-corrected chi connectivity index (χ1v) is 9.49. The molecule has 170 valence electrons. The molecule has 1 aromatic heterocycles. The molecule has 2 N–H and O–H groups in total. The fraction of sp³-hybridized carbons (Fsp3) is 0.238. The van der Waals surface area contributed by atoms with E-state index in [1.54, 1.807) is 28.9 Å². The van der Waals surface area contributed by atoms with Crippen molar-refractivity contribution in [1.82, 2.24) is 9.78 Å². The van der Waals surface area contributed by atoms with E-state index in [4.69, 9.17) is 0 Å². The van der Waals surface area contributed by atoms with Crippen molar-refractivity contribution in [3.63, 3.8) is 0 Å². The highest BCUT2D eigenvalue weighted by Gasteiger charge is 2.37. The topological polar surface area (TPSA) is 59.0 Å². The molecule has 0 aliphatic carbocycles. The molecule has 0 saturated carbocycles. The maximum absolute atomic E-state index is 13.0. The van der Waals surface area contributed by atoms with E-state index >= 15 is 0 Å². The molecule has 0 unspecified atom stereocenters. The molecule has 1 heterocycles. The largest absolute Gasteiger partial charge is 0.416 e. The van der Waals surface area contributed by atoms with Gasteiger partial charge in [0.1, 0.15) is 0 Å². The Bertz CT molecular complexity index is 1060. The van der Waals surface area contributed by atoms with Gasteiger partial charge in [-0.25, -0.2) is 9.48 Å². The number of amides is 2. The molecule has 0 radical (unpaired) electrons. The van der Waals surface area contributed by atoms with Crippen molar-refractivity contribution in [2.45, 2.75) is 32.1 Å². The molecule has 0 spiro atoms. The summed E-state index contributed by atoms with van der Waals surface area (Å²) in [4.78, 5) is 12.4. The van der Waals surface area contributed by atoms with Crippen molar-refractivity contribution in [1.29, 1.82) is 0 Å². The standard InChI is InChI=1S/C21H18F6N4O/c1-2-6-18-17(12-28-31(18)16-7-4-3-5-8-16)30-19(32)29-15-10-13(20(22,23)24)9-14(11-15)21(25,26)27/h3-5,7-12H,2,6H2,1H3,(H2,29,30,32). The average molecular weight is 456 g/mol. The van der Waals surface area contributed by atoms with Gasteiger partial charge in [0.25, 0.3) is 0 Å². The number of nitrogens with one attached hydrogen (secondary N) is 2. The second-order valence-electron chi connectivity index (χ2n) is 6.88. The van der Waals surface area contributed by atoms with E-state index in [9.17, 15) is 31.1 Å². The van der Waals surface area contributed by atoms with Gasteiger partial charge in [0.2, 0.25) is 0 Å². The number of aromatic nitrogens is 2. The molecule has 5 nitrogen and oxygen atoms in total. The summed E-state index contributed by atoms with van der Waals surface area (Å²) in [5.41, 5.74) is -2.03. The predicted octanol–water partition coefficient (Wildman–Crippen LogP) is 6.51. The second-order valence-corrected chi connectivity index (χ2v) is 6.88. The number of hydrogen-bond acceptors (Lipinski definition) is 2. The summed E-state index contributed by atoms with van der Waals surface area (Å²) in [7, 11) is 0. The summed E-state index contributed by atoms with van der Waals surface area (Å²) in [6.45, 7) is 1.91. The van der Waals surface area contributed by atoms with Crippen molar-refractivity contribution in [3.8, 4) is 5.69 Å². The Labute approximate surface area is 179 Å². The maximum Gasteiger partial charge on any atom is 0.416 e. The number of halogens is 6. The number of hydrogen-bond donors (Lipinski definition) is 2. The zero-order valence-electron chi connectivity index (χ0n) is 16.7. The van der Waals surface area contributed by atoms with Gasteiger partial charge >= 0.3 is 18.4 Å². The van der Waals surface area contributed by atoms with Crippen LogP contribution in [0.25, 0.3) is 5.69 Å². The number of rotatable bonds is 5. The first-order valence-electron chi connectivity index (χ1n) is 9.49. The second kappa shape index (κ2) is 8.93. The smallest absolute Gasteiger partial charge is 0.308 e. The van der Waals surface area contributed by atoms with Crippen molar-refractivity contribution in [3.05, 3.63) is 71.5 Å². The van der Waals surface area contributed by atoms with Crippen LogP contribution in [0.5, 0.6) is 0 Å². The van der Waals surface area contributed by atoms with Gasteiger partial charge in [-0.1, -0.05) is 31.5 Å². The van der Waals surface area contributed by atoms with Crippen LogP contribution in [0.2, 0.25) is 0 Å². The van der Waals surface area contributed by atoms with E-state index in [2.05, 4.69) is 10.4 Å². The van der Waals surface area contributed by atoms with E-state index in [1.807, 2.05) is 18.3 Å². The Morgan fingerprint density at radius 1 is 0.938 bits per heavy atom. The monoisotopic (exact) mass is 456 g/mol. The molecule has 0 aliphatic rings. The predicted molar refractivity (Wildman–Crippen MR) is 107 cm³/mol. The Kier molecular flexibility index (Phi) is 6.47. The quantitative estimate of drug-likeness (QED) is 0.430. The Hall–Kier alpha value is -3.50. The fourth-order valence-electron chi connectivity index (χ4n) is 3.06. The van der Waals surface area contributed by atoms with Crippen LogP contribution in [0.1, 0.15) is 30.2 Å². The molecule has 0 bridgehead atoms. The van der Waals surface area contributed by atoms with Gasteiger partial charge in [-0.05, 0) is 36.8 Å². The van der Waals surface area contributed by atoms with Crippen LogP contribution < -0.4 is 10.6 Å². The highest BCUT2D eigenvalue weighted by molar-refractivity contribution is 6.00. The van der Waals surface area contributed by atoms with Crippen LogP contribution in [-0.2, 0) is 18.8 Å². The van der Waals surface area contributed by atoms with Gasteiger partial charge < -0.3 is 10.6 Å². The molecule has 3 aromatic rings. The molecule has 11 heteroatoms. The maximum atomic E-state index is 13.0. The lowest BCUT2D eigenvalue weighted by atomic mass is 10.1. The molecular formula is C21H18F6N4O. The third-order valence-electron chi connectivity index (χ3n) is 4.45. The highest BCUT2D eigenvalue weighted by Crippen LogP contribution is 2.37. The number of para-hydroxylation sites is 1. The summed E-state index contributed by atoms with van der Waals surface area (Å²) in [6, 6.07) is 8.91. The molecule has 2 aromatic carbocycles. The molecule has 0 atom stereocenters. The SMILES string of the molecule is CCCc1c(NC(=O)Nc2cc(C(F)(F)F)cc(C(F)(F)F)c2)cnn1-c1ccccc1. The number of urea groups is 1. The third kappa shape index (κ3) is 5.40. The van der Waals surface area contributed by atoms with Crippen molar-refractivity contribution >= 4 is 17.4 Å². The first-order chi connectivity index (χ1) is 15.0. The number of alkyl halides is 6. The van der Waals surface area contributed by atoms with E-state index in [1.165, 1.54) is 6.20 Å². The Morgan fingerprint density at radius 3 is 2.06 bits per heavy atom. The molecule has 0 saturated heterocycles. The van der Waals surface area contributed by atoms with Crippen LogP contribution >= 0.6 is 0 Å². The zero-order valence-corrected chi connectivity index (χ0v) is 16.7. The van der Waals surface area contributed by atoms with Crippen LogP contribution in [0.3, 0.4) is 0 Å². The van der Waals surface area contributed by atoms with Gasteiger partial charge in [-0.2, -0.15) is 31.4 Å². The van der Waals surface area contributed by atoms with Crippen LogP contribution in [0, 0.1) is 0 Å². The van der Waals surface area contributed by atoms with E-state index in [-0.39, 0.29) is 11.8 Å². The summed E-state index contributed by atoms with van der Waals surface area (Å²) in [6.07, 6.45) is -7.44. The number of carbonyl (C=O) groups is 1. The van der Waals surface area contributed by atoms with E-state index in [0.717, 1.165) is 5.69 Å². The van der Waals surface area contributed by atoms with Gasteiger partial charge in [0.05, 0.1) is 34.4 Å². The fourth-order valence-corrected chi connectivity index (χ4v) is 3.06. The van der Waals surface area contributed by atoms with Gasteiger partial charge in [-0.15, -0.1) is 0 Å². The number of carbonyl (C=O) groups excluding carboxylic acids is 1. The number of benzene rings is 2. The lowest BCUT2D eigenvalue weighted by molar-refractivity contribution is -0.143. The van der Waals surface area contributed by atoms with Gasteiger partial charge in [0.15, 0.2) is 0 Å². The Balaban J connectivity index is 1.87. The Morgan fingerprint density at radius 2 is 1.53 bits per heavy atom. The van der Waals surface area contributed by atoms with Crippen LogP contribution in [0.4, 0.5) is 42.5 Å². The minimum absolute atomic E-state index is 0.00761. The first kappa shape index (κ1) is 23.2. The lowest BCUT2D eigenvalue weighted by Gasteiger charge is -2.15. The molecular weight excluding hydrogens is 438 g/mol. The summed E-state index contributed by atoms with van der Waals surface area (Å²) in [5, 5.41) is 8.74. The molecule has 2 amide bonds. The third-order valence-corrected chi connectivity index (χ3v) is 4.45. The highest BCUT2D eigenvalue weighted by atomic mass is 19.4.